The van der Waals surface area contributed by atoms with Gasteiger partial charge in [0.1, 0.15) is 5.75 Å². The van der Waals surface area contributed by atoms with Crippen LogP contribution >= 0.6 is 0 Å². The molecule has 1 heterocycles. The molecule has 2 aromatic carbocycles. The molecule has 2 atom stereocenters. The van der Waals surface area contributed by atoms with Gasteiger partial charge in [0.25, 0.3) is 11.8 Å². The largest absolute Gasteiger partial charge is 0.478 e. The van der Waals surface area contributed by atoms with Crippen molar-refractivity contribution in [3.05, 3.63) is 60.2 Å². The maximum Gasteiger partial charge on any atom is 0.321 e. The number of imide groups is 1. The molecule has 29 heavy (non-hydrogen) atoms. The van der Waals surface area contributed by atoms with Crippen molar-refractivity contribution in [2.45, 2.75) is 18.6 Å². The normalized spacial score (nSPS) is 15.8. The maximum atomic E-state index is 12.4. The zero-order valence-corrected chi connectivity index (χ0v) is 15.5. The number of carbonyl (C=O) groups is 4. The van der Waals surface area contributed by atoms with Gasteiger partial charge in [-0.05, 0) is 12.1 Å². The maximum absolute atomic E-state index is 12.4. The second-order valence-corrected chi connectivity index (χ2v) is 6.14. The van der Waals surface area contributed by atoms with E-state index in [4.69, 9.17) is 9.47 Å². The number of para-hydroxylation sites is 2. The van der Waals surface area contributed by atoms with E-state index in [9.17, 15) is 19.2 Å². The summed E-state index contributed by atoms with van der Waals surface area (Å²) in [6, 6.07) is 14.3. The Balaban J connectivity index is 1.71. The minimum absolute atomic E-state index is 0.376. The molecule has 3 rings (SSSR count). The summed E-state index contributed by atoms with van der Waals surface area (Å²) in [5.74, 6) is -1.71. The molecule has 0 fully saturated rings. The van der Waals surface area contributed by atoms with Crippen molar-refractivity contribution in [1.82, 2.24) is 10.6 Å². The zero-order valence-electron chi connectivity index (χ0n) is 15.5. The molecule has 3 N–H and O–H groups in total. The summed E-state index contributed by atoms with van der Waals surface area (Å²) in [6.45, 7) is 0. The van der Waals surface area contributed by atoms with Crippen molar-refractivity contribution in [2.75, 3.05) is 12.4 Å². The first kappa shape index (κ1) is 19.9. The van der Waals surface area contributed by atoms with Crippen molar-refractivity contribution < 1.29 is 28.7 Å². The van der Waals surface area contributed by atoms with Gasteiger partial charge in [0.05, 0.1) is 12.1 Å². The number of esters is 1. The van der Waals surface area contributed by atoms with Crippen LogP contribution < -0.4 is 20.7 Å². The lowest BCUT2D eigenvalue weighted by Crippen LogP contribution is -2.42. The summed E-state index contributed by atoms with van der Waals surface area (Å²) < 4.78 is 10.9. The Morgan fingerprint density at radius 1 is 1.10 bits per heavy atom. The van der Waals surface area contributed by atoms with Crippen LogP contribution in [0.2, 0.25) is 0 Å². The molecule has 0 bridgehead atoms. The van der Waals surface area contributed by atoms with Gasteiger partial charge in [0.2, 0.25) is 6.10 Å². The number of hydrogen-bond acceptors (Lipinski definition) is 6. The van der Waals surface area contributed by atoms with Crippen molar-refractivity contribution in [2.24, 2.45) is 0 Å². The van der Waals surface area contributed by atoms with E-state index in [2.05, 4.69) is 16.0 Å². The van der Waals surface area contributed by atoms with E-state index in [0.717, 1.165) is 0 Å². The van der Waals surface area contributed by atoms with Crippen molar-refractivity contribution in [1.29, 1.82) is 0 Å². The molecule has 9 heteroatoms. The summed E-state index contributed by atoms with van der Waals surface area (Å²) >= 11 is 0. The molecule has 0 spiro atoms. The summed E-state index contributed by atoms with van der Waals surface area (Å²) in [5.41, 5.74) is 0.885. The number of nitrogens with one attached hydrogen (secondary N) is 3. The second kappa shape index (κ2) is 8.87. The first-order chi connectivity index (χ1) is 14.0. The van der Waals surface area contributed by atoms with Gasteiger partial charge in [-0.1, -0.05) is 42.5 Å². The van der Waals surface area contributed by atoms with Crippen LogP contribution in [0.1, 0.15) is 18.1 Å². The number of fused-ring (bicyclic) bond motifs is 1. The quantitative estimate of drug-likeness (QED) is 0.658. The molecule has 1 aliphatic rings. The van der Waals surface area contributed by atoms with Crippen LogP contribution in [0.15, 0.2) is 54.6 Å². The van der Waals surface area contributed by atoms with E-state index in [0.29, 0.717) is 17.0 Å². The fourth-order valence-electron chi connectivity index (χ4n) is 2.70. The van der Waals surface area contributed by atoms with Crippen LogP contribution in [-0.2, 0) is 19.1 Å². The number of urea groups is 1. The number of ether oxygens (including phenoxy) is 2. The van der Waals surface area contributed by atoms with E-state index in [1.807, 2.05) is 0 Å². The topological polar surface area (TPSA) is 123 Å². The average Bonchev–Trinajstić information content (AvgIpc) is 2.73. The second-order valence-electron chi connectivity index (χ2n) is 6.14. The van der Waals surface area contributed by atoms with E-state index in [-0.39, 0.29) is 0 Å². The molecule has 1 aliphatic heterocycles. The van der Waals surface area contributed by atoms with Gasteiger partial charge in [-0.15, -0.1) is 0 Å². The van der Waals surface area contributed by atoms with Crippen LogP contribution in [0.25, 0.3) is 0 Å². The Labute approximate surface area is 166 Å². The van der Waals surface area contributed by atoms with Crippen molar-refractivity contribution >= 4 is 29.5 Å². The lowest BCUT2D eigenvalue weighted by Gasteiger charge is -2.25. The van der Waals surface area contributed by atoms with Gasteiger partial charge in [-0.3, -0.25) is 19.7 Å². The van der Waals surface area contributed by atoms with Crippen LogP contribution in [0, 0.1) is 0 Å². The van der Waals surface area contributed by atoms with Gasteiger partial charge in [-0.25, -0.2) is 4.79 Å². The van der Waals surface area contributed by atoms with Crippen LogP contribution in [0.4, 0.5) is 10.5 Å². The fourth-order valence-corrected chi connectivity index (χ4v) is 2.70. The molecule has 4 amide bonds. The summed E-state index contributed by atoms with van der Waals surface area (Å²) in [4.78, 5) is 48.5. The highest BCUT2D eigenvalue weighted by atomic mass is 16.6. The van der Waals surface area contributed by atoms with E-state index in [1.54, 1.807) is 54.6 Å². The third-order valence-electron chi connectivity index (χ3n) is 4.11. The van der Waals surface area contributed by atoms with Gasteiger partial charge in [0, 0.05) is 12.6 Å². The van der Waals surface area contributed by atoms with E-state index in [1.165, 1.54) is 7.05 Å². The molecular formula is C20H19N3O6. The Hall–Kier alpha value is -3.88. The van der Waals surface area contributed by atoms with Gasteiger partial charge in [0.15, 0.2) is 6.10 Å². The molecule has 0 saturated carbocycles. The number of amides is 4. The first-order valence-electron chi connectivity index (χ1n) is 8.81. The summed E-state index contributed by atoms with van der Waals surface area (Å²) in [7, 11) is 1.35. The predicted molar refractivity (Wildman–Crippen MR) is 102 cm³/mol. The highest BCUT2D eigenvalue weighted by Gasteiger charge is 2.33. The number of anilines is 1. The molecule has 0 aliphatic carbocycles. The van der Waals surface area contributed by atoms with E-state index < -0.39 is 42.4 Å². The number of rotatable bonds is 5. The third-order valence-corrected chi connectivity index (χ3v) is 4.11. The van der Waals surface area contributed by atoms with Gasteiger partial charge < -0.3 is 20.1 Å². The molecule has 0 radical (unpaired) electrons. The molecule has 0 saturated heterocycles. The van der Waals surface area contributed by atoms with Crippen molar-refractivity contribution in [3.63, 3.8) is 0 Å². The Bertz CT molecular complexity index is 931. The Morgan fingerprint density at radius 3 is 2.52 bits per heavy atom. The minimum atomic E-state index is -1.36. The number of benzene rings is 2. The zero-order chi connectivity index (χ0) is 20.8. The Morgan fingerprint density at radius 2 is 1.79 bits per heavy atom. The number of carbonyl (C=O) groups excluding carboxylic acids is 4. The fraction of sp³-hybridized carbons (Fsp3) is 0.200. The van der Waals surface area contributed by atoms with Gasteiger partial charge in [-0.2, -0.15) is 0 Å². The van der Waals surface area contributed by atoms with Gasteiger partial charge >= 0.3 is 12.0 Å². The SMILES string of the molecule is CNC(=O)NC(=O)[C@H](OC(=O)C[C@@H]1Oc2ccccc2NC1=O)c1ccccc1. The lowest BCUT2D eigenvalue weighted by atomic mass is 10.1. The summed E-state index contributed by atoms with van der Waals surface area (Å²) in [6.07, 6.45) is -2.87. The standard InChI is InChI=1S/C20H19N3O6/c1-21-20(27)23-19(26)17(12-7-3-2-4-8-12)29-16(24)11-15-18(25)22-13-9-5-6-10-14(13)28-15/h2-10,15,17H,11H2,1H3,(H,22,25)(H2,21,23,26,27)/t15-,17+/m0/s1. The van der Waals surface area contributed by atoms with Crippen molar-refractivity contribution in [3.8, 4) is 5.75 Å². The smallest absolute Gasteiger partial charge is 0.321 e. The summed E-state index contributed by atoms with van der Waals surface area (Å²) in [5, 5.41) is 6.99. The molecule has 150 valence electrons. The first-order valence-corrected chi connectivity index (χ1v) is 8.81. The van der Waals surface area contributed by atoms with E-state index >= 15 is 0 Å². The molecule has 2 aromatic rings. The molecule has 0 aromatic heterocycles. The van der Waals surface area contributed by atoms with Crippen LogP contribution in [0.5, 0.6) is 5.75 Å². The van der Waals surface area contributed by atoms with Crippen LogP contribution in [0.3, 0.4) is 0 Å². The van der Waals surface area contributed by atoms with Crippen LogP contribution in [-0.4, -0.2) is 37.0 Å². The molecule has 9 nitrogen and oxygen atoms in total. The monoisotopic (exact) mass is 397 g/mol. The average molecular weight is 397 g/mol. The Kier molecular flexibility index (Phi) is 6.08. The predicted octanol–water partition coefficient (Wildman–Crippen LogP) is 1.52. The minimum Gasteiger partial charge on any atom is -0.478 e. The molecular weight excluding hydrogens is 378 g/mol. The molecule has 0 unspecified atom stereocenters. The lowest BCUT2D eigenvalue weighted by molar-refractivity contribution is -0.158. The number of hydrogen-bond donors (Lipinski definition) is 3. The highest BCUT2D eigenvalue weighted by molar-refractivity contribution is 6.00. The highest BCUT2D eigenvalue weighted by Crippen LogP contribution is 2.30. The third kappa shape index (κ3) is 4.89.